The van der Waals surface area contributed by atoms with Crippen molar-refractivity contribution in [1.29, 1.82) is 0 Å². The Morgan fingerprint density at radius 3 is 2.19 bits per heavy atom. The minimum Gasteiger partial charge on any atom is -0.467 e. The van der Waals surface area contributed by atoms with Crippen LogP contribution in [0.25, 0.3) is 0 Å². The molecule has 2 rings (SSSR count). The van der Waals surface area contributed by atoms with Gasteiger partial charge in [0.1, 0.15) is 12.1 Å². The number of fused-ring (bicyclic) bond motifs is 1. The van der Waals surface area contributed by atoms with E-state index >= 15 is 0 Å². The fraction of sp³-hybridized carbons (Fsp3) is 0.857. The van der Waals surface area contributed by atoms with E-state index in [2.05, 4.69) is 19.2 Å². The van der Waals surface area contributed by atoms with Crippen molar-refractivity contribution in [3.05, 3.63) is 0 Å². The lowest BCUT2D eigenvalue weighted by Crippen LogP contribution is -2.58. The highest BCUT2D eigenvalue weighted by molar-refractivity contribution is 5.92. The number of esters is 1. The molecule has 6 nitrogen and oxygen atoms in total. The predicted molar refractivity (Wildman–Crippen MR) is 106 cm³/mol. The standard InChI is InChI=1S/C21H36N2O4.H2/c1-19(2,3)10-13(24)22-16(20(4,5)6)17(25)23-11-12-14(21(12,7)8)15(23)18(26)27-9;/h12,14-16H,10-11H2,1-9H3,(H,22,24);1H/t12?,14?,15-,16+;/m0./s1. The minimum absolute atomic E-state index is 0. The predicted octanol–water partition coefficient (Wildman–Crippen LogP) is 2.86. The second kappa shape index (κ2) is 6.78. The fourth-order valence-corrected chi connectivity index (χ4v) is 4.41. The molecule has 156 valence electrons. The van der Waals surface area contributed by atoms with Crippen LogP contribution in [0.5, 0.6) is 0 Å². The molecule has 2 aliphatic rings. The summed E-state index contributed by atoms with van der Waals surface area (Å²) in [7, 11) is 1.36. The van der Waals surface area contributed by atoms with E-state index in [1.807, 2.05) is 41.5 Å². The normalized spacial score (nSPS) is 27.6. The number of nitrogens with one attached hydrogen (secondary N) is 1. The molecule has 1 saturated carbocycles. The summed E-state index contributed by atoms with van der Waals surface area (Å²) >= 11 is 0. The minimum atomic E-state index is -0.680. The molecule has 2 amide bonds. The van der Waals surface area contributed by atoms with Crippen molar-refractivity contribution in [1.82, 2.24) is 10.2 Å². The number of likely N-dealkylation sites (tertiary alicyclic amines) is 1. The first-order chi connectivity index (χ1) is 12.1. The summed E-state index contributed by atoms with van der Waals surface area (Å²) in [6.45, 7) is 16.6. The van der Waals surface area contributed by atoms with Crippen LogP contribution in [-0.4, -0.2) is 48.4 Å². The summed E-state index contributed by atoms with van der Waals surface area (Å²) in [5.74, 6) is -0.274. The molecular weight excluding hydrogens is 344 g/mol. The lowest BCUT2D eigenvalue weighted by Gasteiger charge is -2.37. The average Bonchev–Trinajstić information content (AvgIpc) is 2.85. The van der Waals surface area contributed by atoms with Gasteiger partial charge in [-0.25, -0.2) is 4.79 Å². The first-order valence-corrected chi connectivity index (χ1v) is 9.79. The van der Waals surface area contributed by atoms with Crippen molar-refractivity contribution in [3.63, 3.8) is 0 Å². The van der Waals surface area contributed by atoms with Gasteiger partial charge in [0.05, 0.1) is 7.11 Å². The Morgan fingerprint density at radius 2 is 1.74 bits per heavy atom. The summed E-state index contributed by atoms with van der Waals surface area (Å²) < 4.78 is 5.00. The van der Waals surface area contributed by atoms with E-state index < -0.39 is 17.5 Å². The molecule has 27 heavy (non-hydrogen) atoms. The van der Waals surface area contributed by atoms with Gasteiger partial charge in [0.25, 0.3) is 0 Å². The first kappa shape index (κ1) is 21.7. The maximum absolute atomic E-state index is 13.4. The van der Waals surface area contributed by atoms with E-state index in [1.165, 1.54) is 7.11 Å². The Kier molecular flexibility index (Phi) is 5.45. The molecule has 0 aromatic heterocycles. The summed E-state index contributed by atoms with van der Waals surface area (Å²) in [6.07, 6.45) is 0.339. The van der Waals surface area contributed by atoms with Crippen LogP contribution in [0.2, 0.25) is 0 Å². The monoisotopic (exact) mass is 382 g/mol. The number of carbonyl (C=O) groups is 3. The van der Waals surface area contributed by atoms with E-state index in [-0.39, 0.29) is 36.0 Å². The number of rotatable bonds is 4. The number of hydrogen-bond donors (Lipinski definition) is 1. The molecule has 1 heterocycles. The molecule has 0 aromatic carbocycles. The molecule has 2 fully saturated rings. The van der Waals surface area contributed by atoms with Gasteiger partial charge in [-0.2, -0.15) is 0 Å². The summed E-state index contributed by atoms with van der Waals surface area (Å²) in [6, 6.07) is -1.24. The van der Waals surface area contributed by atoms with Crippen LogP contribution < -0.4 is 5.32 Å². The quantitative estimate of drug-likeness (QED) is 0.759. The smallest absolute Gasteiger partial charge is 0.328 e. The molecule has 2 unspecified atom stereocenters. The third kappa shape index (κ3) is 4.30. The second-order valence-electron chi connectivity index (χ2n) is 11.0. The van der Waals surface area contributed by atoms with E-state index in [4.69, 9.17) is 4.74 Å². The maximum atomic E-state index is 13.4. The lowest BCUT2D eigenvalue weighted by atomic mass is 9.84. The lowest BCUT2D eigenvalue weighted by molar-refractivity contribution is -0.155. The second-order valence-corrected chi connectivity index (χ2v) is 11.0. The van der Waals surface area contributed by atoms with Crippen LogP contribution in [0, 0.1) is 28.1 Å². The van der Waals surface area contributed by atoms with Crippen LogP contribution in [0.15, 0.2) is 0 Å². The summed E-state index contributed by atoms with van der Waals surface area (Å²) in [5, 5.41) is 2.94. The Hall–Kier alpha value is -1.59. The number of nitrogens with zero attached hydrogens (tertiary/aromatic N) is 1. The number of carbonyl (C=O) groups excluding carboxylic acids is 3. The van der Waals surface area contributed by atoms with Gasteiger partial charge in [0.15, 0.2) is 0 Å². The van der Waals surface area contributed by atoms with Crippen LogP contribution >= 0.6 is 0 Å². The Bertz CT molecular complexity index is 633. The van der Waals surface area contributed by atoms with Gasteiger partial charge in [0.2, 0.25) is 11.8 Å². The molecule has 1 aliphatic carbocycles. The van der Waals surface area contributed by atoms with Gasteiger partial charge >= 0.3 is 5.97 Å². The molecule has 0 bridgehead atoms. The van der Waals surface area contributed by atoms with Gasteiger partial charge in [0, 0.05) is 20.3 Å². The van der Waals surface area contributed by atoms with Crippen molar-refractivity contribution < 1.29 is 20.5 Å². The molecule has 4 atom stereocenters. The summed E-state index contributed by atoms with van der Waals surface area (Å²) in [5.41, 5.74) is -0.584. The average molecular weight is 383 g/mol. The molecule has 1 saturated heterocycles. The van der Waals surface area contributed by atoms with Crippen LogP contribution in [-0.2, 0) is 19.1 Å². The molecule has 0 aromatic rings. The molecule has 0 radical (unpaired) electrons. The highest BCUT2D eigenvalue weighted by Crippen LogP contribution is 2.65. The zero-order chi connectivity index (χ0) is 20.9. The maximum Gasteiger partial charge on any atom is 0.328 e. The molecule has 6 heteroatoms. The highest BCUT2D eigenvalue weighted by Gasteiger charge is 2.70. The summed E-state index contributed by atoms with van der Waals surface area (Å²) in [4.78, 5) is 40.0. The Labute approximate surface area is 164 Å². The van der Waals surface area contributed by atoms with Gasteiger partial charge in [-0.1, -0.05) is 55.4 Å². The van der Waals surface area contributed by atoms with Gasteiger partial charge in [-0.15, -0.1) is 0 Å². The number of piperidine rings is 1. The van der Waals surface area contributed by atoms with Gasteiger partial charge < -0.3 is 15.0 Å². The number of hydrogen-bond acceptors (Lipinski definition) is 4. The zero-order valence-corrected chi connectivity index (χ0v) is 18.3. The van der Waals surface area contributed by atoms with Crippen molar-refractivity contribution >= 4 is 17.8 Å². The zero-order valence-electron chi connectivity index (χ0n) is 18.3. The third-order valence-corrected chi connectivity index (χ3v) is 6.04. The largest absolute Gasteiger partial charge is 0.467 e. The SMILES string of the molecule is COC(=O)[C@@H]1C2C(CN1C(=O)[C@@H](NC(=O)CC(C)(C)C)C(C)(C)C)C2(C)C.[HH]. The van der Waals surface area contributed by atoms with Crippen LogP contribution in [0.1, 0.15) is 63.2 Å². The Morgan fingerprint density at radius 1 is 1.19 bits per heavy atom. The van der Waals surface area contributed by atoms with Crippen molar-refractivity contribution in [2.45, 2.75) is 73.9 Å². The van der Waals surface area contributed by atoms with E-state index in [0.29, 0.717) is 18.9 Å². The first-order valence-electron chi connectivity index (χ1n) is 9.79. The number of amides is 2. The van der Waals surface area contributed by atoms with Crippen molar-refractivity contribution in [2.75, 3.05) is 13.7 Å². The van der Waals surface area contributed by atoms with Crippen LogP contribution in [0.3, 0.4) is 0 Å². The molecule has 0 spiro atoms. The highest BCUT2D eigenvalue weighted by atomic mass is 16.5. The Balaban J connectivity index is 0.00000392. The molecule has 1 N–H and O–H groups in total. The van der Waals surface area contributed by atoms with Crippen LogP contribution in [0.4, 0.5) is 0 Å². The number of methoxy groups -OCH3 is 1. The third-order valence-electron chi connectivity index (χ3n) is 6.04. The molecular formula is C21H38N2O4. The van der Waals surface area contributed by atoms with Crippen molar-refractivity contribution in [3.8, 4) is 0 Å². The van der Waals surface area contributed by atoms with E-state index in [0.717, 1.165) is 0 Å². The molecule has 1 aliphatic heterocycles. The topological polar surface area (TPSA) is 75.7 Å². The van der Waals surface area contributed by atoms with Crippen molar-refractivity contribution in [2.24, 2.45) is 28.1 Å². The fourth-order valence-electron chi connectivity index (χ4n) is 4.41. The van der Waals surface area contributed by atoms with E-state index in [9.17, 15) is 14.4 Å². The number of ether oxygens (including phenoxy) is 1. The van der Waals surface area contributed by atoms with Gasteiger partial charge in [-0.05, 0) is 22.2 Å². The van der Waals surface area contributed by atoms with Gasteiger partial charge in [-0.3, -0.25) is 9.59 Å². The van der Waals surface area contributed by atoms with E-state index in [1.54, 1.807) is 4.90 Å².